The van der Waals surface area contributed by atoms with Gasteiger partial charge in [0.05, 0.1) is 40.2 Å². The molecule has 2 aromatic rings. The lowest BCUT2D eigenvalue weighted by molar-refractivity contribution is 0.415. The monoisotopic (exact) mass is 371 g/mol. The molecule has 0 amide bonds. The van der Waals surface area contributed by atoms with E-state index in [-0.39, 0.29) is 0 Å². The van der Waals surface area contributed by atoms with E-state index in [1.54, 1.807) is 7.11 Å². The molecule has 1 N–H and O–H groups in total. The number of anilines is 1. The Morgan fingerprint density at radius 3 is 2.76 bits per heavy atom. The zero-order chi connectivity index (χ0) is 15.4. The first-order chi connectivity index (χ1) is 10.1. The molecule has 6 heteroatoms. The van der Waals surface area contributed by atoms with Gasteiger partial charge in [-0.2, -0.15) is 5.10 Å². The van der Waals surface area contributed by atoms with E-state index < -0.39 is 0 Å². The number of methoxy groups -OCH3 is 1. The largest absolute Gasteiger partial charge is 0.497 e. The van der Waals surface area contributed by atoms with E-state index in [4.69, 9.17) is 16.3 Å². The Bertz CT molecular complexity index is 628. The van der Waals surface area contributed by atoms with Crippen molar-refractivity contribution in [2.45, 2.75) is 33.4 Å². The number of hydrogen-bond donors (Lipinski definition) is 1. The van der Waals surface area contributed by atoms with E-state index in [1.165, 1.54) is 0 Å². The fraction of sp³-hybridized carbons (Fsp3) is 0.400. The average molecular weight is 373 g/mol. The average Bonchev–Trinajstić information content (AvgIpc) is 2.82. The van der Waals surface area contributed by atoms with E-state index >= 15 is 0 Å². The van der Waals surface area contributed by atoms with Gasteiger partial charge in [-0.3, -0.25) is 4.68 Å². The lowest BCUT2D eigenvalue weighted by Crippen LogP contribution is -2.08. The molecule has 0 saturated heterocycles. The van der Waals surface area contributed by atoms with Gasteiger partial charge in [0.25, 0.3) is 0 Å². The Morgan fingerprint density at radius 2 is 2.14 bits per heavy atom. The smallest absolute Gasteiger partial charge is 0.121 e. The zero-order valence-electron chi connectivity index (χ0n) is 12.4. The summed E-state index contributed by atoms with van der Waals surface area (Å²) in [5.74, 6) is 0.777. The molecule has 1 aromatic heterocycles. The van der Waals surface area contributed by atoms with Crippen LogP contribution in [0.1, 0.15) is 25.2 Å². The molecule has 1 heterocycles. The summed E-state index contributed by atoms with van der Waals surface area (Å²) < 4.78 is 8.30. The van der Waals surface area contributed by atoms with Gasteiger partial charge in [-0.15, -0.1) is 0 Å². The molecule has 0 saturated carbocycles. The summed E-state index contributed by atoms with van der Waals surface area (Å²) in [6, 6.07) is 5.56. The molecule has 21 heavy (non-hydrogen) atoms. The van der Waals surface area contributed by atoms with Gasteiger partial charge in [-0.25, -0.2) is 0 Å². The van der Waals surface area contributed by atoms with Gasteiger partial charge in [0.1, 0.15) is 5.75 Å². The summed E-state index contributed by atoms with van der Waals surface area (Å²) in [6.07, 6.45) is 0.903. The third-order valence-corrected chi connectivity index (χ3v) is 4.56. The Kier molecular flexibility index (Phi) is 5.53. The van der Waals surface area contributed by atoms with Crippen LogP contribution in [0.2, 0.25) is 5.02 Å². The molecule has 4 nitrogen and oxygen atoms in total. The molecule has 0 fully saturated rings. The predicted molar refractivity (Wildman–Crippen MR) is 90.3 cm³/mol. The van der Waals surface area contributed by atoms with Crippen molar-refractivity contribution in [2.24, 2.45) is 0 Å². The van der Waals surface area contributed by atoms with Crippen LogP contribution >= 0.6 is 27.5 Å². The third-order valence-electron chi connectivity index (χ3n) is 3.31. The second-order valence-electron chi connectivity index (χ2n) is 4.58. The Labute approximate surface area is 138 Å². The molecule has 2 rings (SSSR count). The minimum atomic E-state index is 0.647. The first kappa shape index (κ1) is 16.2. The van der Waals surface area contributed by atoms with Crippen molar-refractivity contribution in [1.82, 2.24) is 9.78 Å². The fourth-order valence-corrected chi connectivity index (χ4v) is 3.02. The van der Waals surface area contributed by atoms with E-state index in [0.29, 0.717) is 11.6 Å². The first-order valence-corrected chi connectivity index (χ1v) is 8.09. The first-order valence-electron chi connectivity index (χ1n) is 6.92. The maximum Gasteiger partial charge on any atom is 0.121 e. The number of nitrogens with one attached hydrogen (secondary N) is 1. The van der Waals surface area contributed by atoms with Crippen molar-refractivity contribution in [1.29, 1.82) is 0 Å². The lowest BCUT2D eigenvalue weighted by Gasteiger charge is -2.11. The normalized spacial score (nSPS) is 10.7. The minimum absolute atomic E-state index is 0.647. The highest BCUT2D eigenvalue weighted by molar-refractivity contribution is 9.10. The van der Waals surface area contributed by atoms with Gasteiger partial charge in [-0.1, -0.05) is 18.5 Å². The molecule has 1 aromatic carbocycles. The highest BCUT2D eigenvalue weighted by atomic mass is 79.9. The molecule has 0 spiro atoms. The number of ether oxygens (including phenoxy) is 1. The van der Waals surface area contributed by atoms with Gasteiger partial charge in [0.15, 0.2) is 0 Å². The minimum Gasteiger partial charge on any atom is -0.497 e. The molecule has 0 aliphatic heterocycles. The maximum absolute atomic E-state index is 6.21. The van der Waals surface area contributed by atoms with Gasteiger partial charge in [0, 0.05) is 12.6 Å². The Morgan fingerprint density at radius 1 is 1.38 bits per heavy atom. The summed E-state index contributed by atoms with van der Waals surface area (Å²) in [5.41, 5.74) is 3.04. The van der Waals surface area contributed by atoms with Crippen LogP contribution in [0.5, 0.6) is 5.75 Å². The number of halogens is 2. The van der Waals surface area contributed by atoms with Gasteiger partial charge >= 0.3 is 0 Å². The summed E-state index contributed by atoms with van der Waals surface area (Å²) in [7, 11) is 1.64. The van der Waals surface area contributed by atoms with Crippen molar-refractivity contribution in [3.63, 3.8) is 0 Å². The summed E-state index contributed by atoms with van der Waals surface area (Å²) in [4.78, 5) is 0. The van der Waals surface area contributed by atoms with Crippen LogP contribution in [0, 0.1) is 0 Å². The molecule has 0 unspecified atom stereocenters. The second kappa shape index (κ2) is 7.18. The molecular weight excluding hydrogens is 354 g/mol. The SMILES string of the molecule is CCc1nn(CC)c(CNc2cc(OC)ccc2Cl)c1Br. The predicted octanol–water partition coefficient (Wildman–Crippen LogP) is 4.50. The van der Waals surface area contributed by atoms with Crippen LogP contribution in [0.15, 0.2) is 22.7 Å². The van der Waals surface area contributed by atoms with Crippen molar-refractivity contribution in [3.05, 3.63) is 39.1 Å². The summed E-state index contributed by atoms with van der Waals surface area (Å²) in [5, 5.41) is 8.61. The number of aromatic nitrogens is 2. The highest BCUT2D eigenvalue weighted by Gasteiger charge is 2.14. The van der Waals surface area contributed by atoms with Crippen LogP contribution in [0.3, 0.4) is 0 Å². The molecule has 0 aliphatic carbocycles. The topological polar surface area (TPSA) is 39.1 Å². The van der Waals surface area contributed by atoms with Crippen molar-refractivity contribution >= 4 is 33.2 Å². The van der Waals surface area contributed by atoms with Gasteiger partial charge in [0.2, 0.25) is 0 Å². The standard InChI is InChI=1S/C15H19BrClN3O/c1-4-12-15(16)14(20(5-2)19-12)9-18-13-8-10(21-3)6-7-11(13)17/h6-8,18H,4-5,9H2,1-3H3. The third kappa shape index (κ3) is 3.52. The van der Waals surface area contributed by atoms with E-state index in [0.717, 1.165) is 40.3 Å². The molecule has 0 atom stereocenters. The van der Waals surface area contributed by atoms with E-state index in [9.17, 15) is 0 Å². The van der Waals surface area contributed by atoms with Crippen LogP contribution in [0.4, 0.5) is 5.69 Å². The molecular formula is C15H19BrClN3O. The van der Waals surface area contributed by atoms with Crippen LogP contribution in [-0.4, -0.2) is 16.9 Å². The quantitative estimate of drug-likeness (QED) is 0.811. The van der Waals surface area contributed by atoms with Crippen LogP contribution < -0.4 is 10.1 Å². The Balaban J connectivity index is 2.22. The number of hydrogen-bond acceptors (Lipinski definition) is 3. The maximum atomic E-state index is 6.21. The Hall–Kier alpha value is -1.20. The summed E-state index contributed by atoms with van der Waals surface area (Å²) in [6.45, 7) is 5.67. The second-order valence-corrected chi connectivity index (χ2v) is 5.78. The van der Waals surface area contributed by atoms with Crippen molar-refractivity contribution in [3.8, 4) is 5.75 Å². The number of benzene rings is 1. The molecule has 0 aliphatic rings. The number of aryl methyl sites for hydroxylation is 2. The van der Waals surface area contributed by atoms with E-state index in [2.05, 4.69) is 40.2 Å². The van der Waals surface area contributed by atoms with Crippen LogP contribution in [-0.2, 0) is 19.5 Å². The van der Waals surface area contributed by atoms with Gasteiger partial charge < -0.3 is 10.1 Å². The van der Waals surface area contributed by atoms with Crippen LogP contribution in [0.25, 0.3) is 0 Å². The number of rotatable bonds is 6. The zero-order valence-corrected chi connectivity index (χ0v) is 14.8. The number of nitrogens with zero attached hydrogens (tertiary/aromatic N) is 2. The van der Waals surface area contributed by atoms with Crippen molar-refractivity contribution < 1.29 is 4.74 Å². The van der Waals surface area contributed by atoms with Crippen molar-refractivity contribution in [2.75, 3.05) is 12.4 Å². The van der Waals surface area contributed by atoms with Gasteiger partial charge in [-0.05, 0) is 41.4 Å². The fourth-order valence-electron chi connectivity index (χ4n) is 2.13. The van der Waals surface area contributed by atoms with E-state index in [1.807, 2.05) is 22.9 Å². The summed E-state index contributed by atoms with van der Waals surface area (Å²) >= 11 is 9.86. The highest BCUT2D eigenvalue weighted by Crippen LogP contribution is 2.28. The molecule has 0 radical (unpaired) electrons. The molecule has 0 bridgehead atoms. The molecule has 114 valence electrons. The lowest BCUT2D eigenvalue weighted by atomic mass is 10.2.